The topological polar surface area (TPSA) is 68.8 Å². The van der Waals surface area contributed by atoms with E-state index in [2.05, 4.69) is 10.6 Å². The van der Waals surface area contributed by atoms with E-state index in [1.807, 2.05) is 24.3 Å². The highest BCUT2D eigenvalue weighted by atomic mass is 16.7. The van der Waals surface area contributed by atoms with Crippen molar-refractivity contribution in [2.45, 2.75) is 18.8 Å². The summed E-state index contributed by atoms with van der Waals surface area (Å²) in [6.45, 7) is 3.35. The molecule has 2 fully saturated rings. The Morgan fingerprint density at radius 2 is 1.95 bits per heavy atom. The molecular weight excluding hydrogens is 272 g/mol. The number of carbonyl (C=O) groups excluding carboxylic acids is 1. The van der Waals surface area contributed by atoms with E-state index in [0.29, 0.717) is 32.8 Å². The van der Waals surface area contributed by atoms with Crippen molar-refractivity contribution < 1.29 is 19.0 Å². The fourth-order valence-corrected chi connectivity index (χ4v) is 2.46. The summed E-state index contributed by atoms with van der Waals surface area (Å²) >= 11 is 0. The van der Waals surface area contributed by atoms with Crippen molar-refractivity contribution in [3.8, 4) is 0 Å². The van der Waals surface area contributed by atoms with Gasteiger partial charge in [-0.25, -0.2) is 0 Å². The first-order valence-electron chi connectivity index (χ1n) is 7.25. The van der Waals surface area contributed by atoms with Crippen molar-refractivity contribution in [2.24, 2.45) is 0 Å². The molecule has 1 atom stereocenters. The molecule has 2 aliphatic rings. The van der Waals surface area contributed by atoms with Gasteiger partial charge < -0.3 is 24.8 Å². The summed E-state index contributed by atoms with van der Waals surface area (Å²) in [4.78, 5) is 12.0. The molecule has 3 rings (SSSR count). The van der Waals surface area contributed by atoms with Gasteiger partial charge in [-0.3, -0.25) is 4.79 Å². The maximum Gasteiger partial charge on any atom is 0.226 e. The van der Waals surface area contributed by atoms with Gasteiger partial charge in [0.2, 0.25) is 5.91 Å². The summed E-state index contributed by atoms with van der Waals surface area (Å²) in [5, 5.41) is 6.15. The predicted molar refractivity (Wildman–Crippen MR) is 76.9 cm³/mol. The summed E-state index contributed by atoms with van der Waals surface area (Å²) in [5.74, 6) is -0.0147. The van der Waals surface area contributed by atoms with Crippen molar-refractivity contribution in [1.29, 1.82) is 0 Å². The second-order valence-corrected chi connectivity index (χ2v) is 5.17. The van der Waals surface area contributed by atoms with E-state index >= 15 is 0 Å². The Bertz CT molecular complexity index is 465. The Morgan fingerprint density at radius 1 is 1.19 bits per heavy atom. The Morgan fingerprint density at radius 3 is 2.62 bits per heavy atom. The second-order valence-electron chi connectivity index (χ2n) is 5.17. The number of ether oxygens (including phenoxy) is 3. The highest BCUT2D eigenvalue weighted by molar-refractivity contribution is 5.91. The summed E-state index contributed by atoms with van der Waals surface area (Å²) in [6.07, 6.45) is 0.134. The van der Waals surface area contributed by atoms with Crippen molar-refractivity contribution in [2.75, 3.05) is 38.3 Å². The highest BCUT2D eigenvalue weighted by Gasteiger charge is 2.19. The normalized spacial score (nSPS) is 23.1. The van der Waals surface area contributed by atoms with Crippen LogP contribution < -0.4 is 10.6 Å². The third kappa shape index (κ3) is 4.01. The summed E-state index contributed by atoms with van der Waals surface area (Å²) in [6, 6.07) is 7.64. The molecule has 0 bridgehead atoms. The molecule has 1 unspecified atom stereocenters. The van der Waals surface area contributed by atoms with Crippen LogP contribution in [0.3, 0.4) is 0 Å². The largest absolute Gasteiger partial charge is 0.378 e. The van der Waals surface area contributed by atoms with E-state index < -0.39 is 0 Å². The van der Waals surface area contributed by atoms with Gasteiger partial charge in [0.25, 0.3) is 0 Å². The monoisotopic (exact) mass is 292 g/mol. The quantitative estimate of drug-likeness (QED) is 0.868. The molecule has 6 nitrogen and oxygen atoms in total. The second kappa shape index (κ2) is 7.00. The van der Waals surface area contributed by atoms with Crippen LogP contribution >= 0.6 is 0 Å². The molecule has 0 spiro atoms. The van der Waals surface area contributed by atoms with E-state index in [-0.39, 0.29) is 18.2 Å². The van der Waals surface area contributed by atoms with E-state index in [0.717, 1.165) is 17.8 Å². The number of benzene rings is 1. The highest BCUT2D eigenvalue weighted by Crippen LogP contribution is 2.24. The molecule has 1 aromatic rings. The lowest BCUT2D eigenvalue weighted by molar-refractivity contribution is -0.117. The zero-order valence-corrected chi connectivity index (χ0v) is 11.8. The van der Waals surface area contributed by atoms with E-state index in [9.17, 15) is 4.79 Å². The van der Waals surface area contributed by atoms with Crippen LogP contribution in [-0.4, -0.2) is 44.9 Å². The van der Waals surface area contributed by atoms with Gasteiger partial charge in [0.1, 0.15) is 0 Å². The van der Waals surface area contributed by atoms with Gasteiger partial charge in [-0.05, 0) is 12.1 Å². The van der Waals surface area contributed by atoms with Gasteiger partial charge in [0, 0.05) is 30.3 Å². The molecule has 1 aromatic carbocycles. The van der Waals surface area contributed by atoms with Gasteiger partial charge in [-0.15, -0.1) is 0 Å². The minimum absolute atomic E-state index is 0.0147. The molecule has 6 heteroatoms. The molecule has 0 aromatic heterocycles. The molecule has 114 valence electrons. The lowest BCUT2D eigenvalue weighted by Crippen LogP contribution is -2.43. The molecule has 1 amide bonds. The van der Waals surface area contributed by atoms with Crippen molar-refractivity contribution in [3.05, 3.63) is 29.8 Å². The molecule has 2 aliphatic heterocycles. The average molecular weight is 292 g/mol. The third-order valence-electron chi connectivity index (χ3n) is 3.52. The number of nitrogens with one attached hydrogen (secondary N) is 2. The Labute approximate surface area is 123 Å². The summed E-state index contributed by atoms with van der Waals surface area (Å²) < 4.78 is 16.2. The van der Waals surface area contributed by atoms with Gasteiger partial charge in [-0.1, -0.05) is 12.1 Å². The van der Waals surface area contributed by atoms with Crippen molar-refractivity contribution >= 4 is 11.6 Å². The first kappa shape index (κ1) is 14.5. The minimum Gasteiger partial charge on any atom is -0.378 e. The van der Waals surface area contributed by atoms with Crippen LogP contribution in [-0.2, 0) is 19.0 Å². The van der Waals surface area contributed by atoms with Gasteiger partial charge in [0.15, 0.2) is 6.29 Å². The maximum atomic E-state index is 12.0. The Hall–Kier alpha value is -1.47. The van der Waals surface area contributed by atoms with Crippen LogP contribution in [0.1, 0.15) is 18.3 Å². The molecular formula is C15H20N2O4. The molecule has 2 heterocycles. The lowest BCUT2D eigenvalue weighted by Gasteiger charge is -2.23. The molecule has 2 saturated heterocycles. The zero-order valence-electron chi connectivity index (χ0n) is 11.8. The number of carbonyl (C=O) groups is 1. The number of amides is 1. The zero-order chi connectivity index (χ0) is 14.5. The number of hydrogen-bond donors (Lipinski definition) is 2. The van der Waals surface area contributed by atoms with Crippen molar-refractivity contribution in [1.82, 2.24) is 5.32 Å². The smallest absolute Gasteiger partial charge is 0.226 e. The Kier molecular flexibility index (Phi) is 4.82. The van der Waals surface area contributed by atoms with E-state index in [4.69, 9.17) is 14.2 Å². The van der Waals surface area contributed by atoms with E-state index in [1.54, 1.807) is 0 Å². The van der Waals surface area contributed by atoms with Gasteiger partial charge in [-0.2, -0.15) is 0 Å². The van der Waals surface area contributed by atoms with Crippen LogP contribution in [0.2, 0.25) is 0 Å². The summed E-state index contributed by atoms with van der Waals surface area (Å²) in [5.41, 5.74) is 1.74. The van der Waals surface area contributed by atoms with Crippen LogP contribution in [0.5, 0.6) is 0 Å². The molecule has 0 saturated carbocycles. The van der Waals surface area contributed by atoms with Gasteiger partial charge >= 0.3 is 0 Å². The first-order valence-corrected chi connectivity index (χ1v) is 7.25. The minimum atomic E-state index is -0.279. The lowest BCUT2D eigenvalue weighted by atomic mass is 10.1. The Balaban J connectivity index is 1.50. The summed E-state index contributed by atoms with van der Waals surface area (Å²) in [7, 11) is 0. The van der Waals surface area contributed by atoms with Gasteiger partial charge in [0.05, 0.1) is 26.4 Å². The van der Waals surface area contributed by atoms with E-state index in [1.165, 1.54) is 0 Å². The van der Waals surface area contributed by atoms with Crippen LogP contribution in [0.4, 0.5) is 5.69 Å². The fourth-order valence-electron chi connectivity index (χ4n) is 2.46. The molecule has 2 N–H and O–H groups in total. The standard InChI is InChI=1S/C15H20N2O4/c18-14(9-13-10-19-6-5-16-13)17-12-3-1-11(2-4-12)15-20-7-8-21-15/h1-4,13,15-16H,5-10H2,(H,17,18). The first-order chi connectivity index (χ1) is 10.3. The molecule has 0 aliphatic carbocycles. The predicted octanol–water partition coefficient (Wildman–Crippen LogP) is 1.05. The van der Waals surface area contributed by atoms with Crippen LogP contribution in [0, 0.1) is 0 Å². The fraction of sp³-hybridized carbons (Fsp3) is 0.533. The molecule has 0 radical (unpaired) electrons. The van der Waals surface area contributed by atoms with Crippen LogP contribution in [0.25, 0.3) is 0 Å². The number of hydrogen-bond acceptors (Lipinski definition) is 5. The number of morpholine rings is 1. The number of rotatable bonds is 4. The average Bonchev–Trinajstić information content (AvgIpc) is 3.03. The molecule has 21 heavy (non-hydrogen) atoms. The number of anilines is 1. The maximum absolute atomic E-state index is 12.0. The SMILES string of the molecule is O=C(CC1COCCN1)Nc1ccc(C2OCCO2)cc1. The van der Waals surface area contributed by atoms with Crippen LogP contribution in [0.15, 0.2) is 24.3 Å². The van der Waals surface area contributed by atoms with Crippen molar-refractivity contribution in [3.63, 3.8) is 0 Å². The third-order valence-corrected chi connectivity index (χ3v) is 3.52.